The lowest BCUT2D eigenvalue weighted by atomic mass is 10.1. The average molecular weight is 633 g/mol. The molecule has 10 nitrogen and oxygen atoms in total. The van der Waals surface area contributed by atoms with Crippen LogP contribution in [-0.2, 0) is 26.3 Å². The molecule has 0 unspecified atom stereocenters. The minimum atomic E-state index is -0.312. The van der Waals surface area contributed by atoms with Crippen LogP contribution >= 0.6 is 0 Å². The Labute approximate surface area is 266 Å². The fourth-order valence-electron chi connectivity index (χ4n) is 5.00. The molecule has 0 saturated carbocycles. The normalized spacial score (nSPS) is 11.2. The number of nitrogens with zero attached hydrogens (tertiary/aromatic N) is 6. The molecule has 0 N–H and O–H groups in total. The zero-order valence-electron chi connectivity index (χ0n) is 24.8. The molecule has 7 aromatic rings. The number of rotatable bonds is 11. The van der Waals surface area contributed by atoms with Gasteiger partial charge in [0.1, 0.15) is 64.5 Å². The van der Waals surface area contributed by atoms with Gasteiger partial charge in [-0.3, -0.25) is 4.79 Å². The lowest BCUT2D eigenvalue weighted by Gasteiger charge is -2.12. The highest BCUT2D eigenvalue weighted by molar-refractivity contribution is 5.86. The SMILES string of the molecule is O=c1cc(-c2ccccc2)oc2cc(OCc3cn(Cc4ccc(F)cc4)nn3)cc(OCc3cn(Cc4ccc(F)cc4)nn3)c12. The maximum Gasteiger partial charge on any atom is 0.197 e. The van der Waals surface area contributed by atoms with Gasteiger partial charge < -0.3 is 13.9 Å². The van der Waals surface area contributed by atoms with Gasteiger partial charge in [0.05, 0.1) is 25.5 Å². The fourth-order valence-corrected chi connectivity index (χ4v) is 5.00. The van der Waals surface area contributed by atoms with Crippen LogP contribution in [0.5, 0.6) is 11.5 Å². The van der Waals surface area contributed by atoms with Crippen molar-refractivity contribution in [2.24, 2.45) is 0 Å². The number of hydrogen-bond donors (Lipinski definition) is 0. The minimum absolute atomic E-state index is 0.0135. The zero-order valence-corrected chi connectivity index (χ0v) is 24.8. The summed E-state index contributed by atoms with van der Waals surface area (Å²) in [6, 6.07) is 26.3. The summed E-state index contributed by atoms with van der Waals surface area (Å²) in [4.78, 5) is 13.4. The topological polar surface area (TPSA) is 110 Å². The van der Waals surface area contributed by atoms with E-state index in [9.17, 15) is 13.6 Å². The van der Waals surface area contributed by atoms with Crippen molar-refractivity contribution in [2.45, 2.75) is 26.3 Å². The molecule has 0 radical (unpaired) electrons. The number of halogens is 2. The van der Waals surface area contributed by atoms with Crippen LogP contribution in [0.3, 0.4) is 0 Å². The van der Waals surface area contributed by atoms with Crippen LogP contribution in [0.4, 0.5) is 8.78 Å². The van der Waals surface area contributed by atoms with Gasteiger partial charge in [-0.2, -0.15) is 0 Å². The van der Waals surface area contributed by atoms with E-state index < -0.39 is 0 Å². The number of fused-ring (bicyclic) bond motifs is 1. The highest BCUT2D eigenvalue weighted by Crippen LogP contribution is 2.33. The Bertz CT molecular complexity index is 2200. The maximum atomic E-state index is 13.4. The smallest absolute Gasteiger partial charge is 0.197 e. The Morgan fingerprint density at radius 2 is 1.26 bits per heavy atom. The molecule has 0 spiro atoms. The molecule has 0 aliphatic rings. The molecule has 0 amide bonds. The third-order valence-corrected chi connectivity index (χ3v) is 7.28. The molecule has 0 aliphatic heterocycles. The quantitative estimate of drug-likeness (QED) is 0.166. The van der Waals surface area contributed by atoms with Gasteiger partial charge in [-0.25, -0.2) is 18.1 Å². The standard InChI is InChI=1S/C35H26F2N6O4/c36-26-10-6-23(7-11-26)17-42-19-28(38-40-42)21-45-30-14-33(35-31(44)16-32(47-34(35)15-30)25-4-2-1-3-5-25)46-22-29-20-43(41-39-29)18-24-8-12-27(37)13-9-24/h1-16,19-20H,17-18,21-22H2. The lowest BCUT2D eigenvalue weighted by molar-refractivity contribution is 0.287. The van der Waals surface area contributed by atoms with Crippen molar-refractivity contribution in [1.82, 2.24) is 30.0 Å². The van der Waals surface area contributed by atoms with Crippen LogP contribution in [0.1, 0.15) is 22.5 Å². The first kappa shape index (κ1) is 29.5. The molecule has 47 heavy (non-hydrogen) atoms. The zero-order chi connectivity index (χ0) is 32.2. The van der Waals surface area contributed by atoms with E-state index in [0.29, 0.717) is 36.0 Å². The van der Waals surface area contributed by atoms with Gasteiger partial charge in [0, 0.05) is 23.8 Å². The Kier molecular flexibility index (Phi) is 8.20. The van der Waals surface area contributed by atoms with E-state index in [1.165, 1.54) is 30.3 Å². The van der Waals surface area contributed by atoms with Gasteiger partial charge in [0.25, 0.3) is 0 Å². The molecule has 0 bridgehead atoms. The van der Waals surface area contributed by atoms with Gasteiger partial charge in [-0.15, -0.1) is 10.2 Å². The van der Waals surface area contributed by atoms with E-state index in [2.05, 4.69) is 20.6 Å². The van der Waals surface area contributed by atoms with Crippen LogP contribution in [0.2, 0.25) is 0 Å². The Balaban J connectivity index is 1.13. The van der Waals surface area contributed by atoms with Gasteiger partial charge in [0.15, 0.2) is 5.43 Å². The molecule has 0 aliphatic carbocycles. The molecule has 0 fully saturated rings. The molecule has 3 heterocycles. The molecule has 4 aromatic carbocycles. The molecule has 12 heteroatoms. The minimum Gasteiger partial charge on any atom is -0.487 e. The van der Waals surface area contributed by atoms with Crippen LogP contribution in [0, 0.1) is 11.6 Å². The first-order valence-electron chi connectivity index (χ1n) is 14.6. The highest BCUT2D eigenvalue weighted by atomic mass is 19.1. The molecule has 0 saturated heterocycles. The Hall–Kier alpha value is -6.17. The van der Waals surface area contributed by atoms with Crippen molar-refractivity contribution in [1.29, 1.82) is 0 Å². The monoisotopic (exact) mass is 632 g/mol. The van der Waals surface area contributed by atoms with Crippen molar-refractivity contribution in [3.8, 4) is 22.8 Å². The van der Waals surface area contributed by atoms with Gasteiger partial charge in [-0.05, 0) is 35.4 Å². The fraction of sp³-hybridized carbons (Fsp3) is 0.114. The second kappa shape index (κ2) is 13.1. The maximum absolute atomic E-state index is 13.4. The highest BCUT2D eigenvalue weighted by Gasteiger charge is 2.16. The molecule has 3 aromatic heterocycles. The number of hydrogen-bond acceptors (Lipinski definition) is 8. The van der Waals surface area contributed by atoms with Crippen molar-refractivity contribution in [2.75, 3.05) is 0 Å². The number of benzene rings is 4. The molecule has 7 rings (SSSR count). The van der Waals surface area contributed by atoms with Gasteiger partial charge >= 0.3 is 0 Å². The van der Waals surface area contributed by atoms with E-state index in [-0.39, 0.29) is 47.0 Å². The van der Waals surface area contributed by atoms with E-state index >= 15 is 0 Å². The predicted molar refractivity (Wildman–Crippen MR) is 168 cm³/mol. The predicted octanol–water partition coefficient (Wildman–Crippen LogP) is 6.18. The third-order valence-electron chi connectivity index (χ3n) is 7.28. The van der Waals surface area contributed by atoms with Crippen molar-refractivity contribution in [3.63, 3.8) is 0 Å². The second-order valence-electron chi connectivity index (χ2n) is 10.8. The number of aromatic nitrogens is 6. The summed E-state index contributed by atoms with van der Waals surface area (Å²) in [5, 5.41) is 16.9. The van der Waals surface area contributed by atoms with E-state index in [4.69, 9.17) is 13.9 Å². The van der Waals surface area contributed by atoms with Gasteiger partial charge in [-0.1, -0.05) is 65.0 Å². The molecular formula is C35H26F2N6O4. The second-order valence-corrected chi connectivity index (χ2v) is 10.8. The third kappa shape index (κ3) is 7.06. The van der Waals surface area contributed by atoms with Crippen molar-refractivity contribution >= 4 is 11.0 Å². The van der Waals surface area contributed by atoms with Crippen LogP contribution < -0.4 is 14.9 Å². The van der Waals surface area contributed by atoms with Gasteiger partial charge in [0.2, 0.25) is 0 Å². The summed E-state index contributed by atoms with van der Waals surface area (Å²) in [6.45, 7) is 0.914. The van der Waals surface area contributed by atoms with Crippen molar-refractivity contribution in [3.05, 3.63) is 154 Å². The summed E-state index contributed by atoms with van der Waals surface area (Å²) >= 11 is 0. The first-order chi connectivity index (χ1) is 22.9. The van der Waals surface area contributed by atoms with Crippen molar-refractivity contribution < 1.29 is 22.7 Å². The average Bonchev–Trinajstić information content (AvgIpc) is 3.74. The van der Waals surface area contributed by atoms with Crippen LogP contribution in [-0.4, -0.2) is 30.0 Å². The number of ether oxygens (including phenoxy) is 2. The van der Waals surface area contributed by atoms with E-state index in [0.717, 1.165) is 16.7 Å². The van der Waals surface area contributed by atoms with E-state index in [1.807, 2.05) is 30.3 Å². The lowest BCUT2D eigenvalue weighted by Crippen LogP contribution is -2.06. The molecular weight excluding hydrogens is 606 g/mol. The summed E-state index contributed by atoms with van der Waals surface area (Å²) < 4.78 is 48.2. The van der Waals surface area contributed by atoms with Crippen LogP contribution in [0.25, 0.3) is 22.3 Å². The summed E-state index contributed by atoms with van der Waals surface area (Å²) in [7, 11) is 0. The van der Waals surface area contributed by atoms with E-state index in [1.54, 1.807) is 58.2 Å². The molecule has 234 valence electrons. The largest absolute Gasteiger partial charge is 0.487 e. The summed E-state index contributed by atoms with van der Waals surface area (Å²) in [6.07, 6.45) is 3.46. The summed E-state index contributed by atoms with van der Waals surface area (Å²) in [5.41, 5.74) is 3.57. The summed E-state index contributed by atoms with van der Waals surface area (Å²) in [5.74, 6) is 0.417. The first-order valence-corrected chi connectivity index (χ1v) is 14.6. The molecule has 0 atom stereocenters. The van der Waals surface area contributed by atoms with Crippen LogP contribution in [0.15, 0.2) is 119 Å². The Morgan fingerprint density at radius 3 is 1.85 bits per heavy atom. The Morgan fingerprint density at radius 1 is 0.681 bits per heavy atom.